The minimum Gasteiger partial charge on any atom is -0.357 e. The fourth-order valence-corrected chi connectivity index (χ4v) is 6.17. The zero-order valence-electron chi connectivity index (χ0n) is 21.2. The van der Waals surface area contributed by atoms with Crippen molar-refractivity contribution < 1.29 is 4.79 Å². The van der Waals surface area contributed by atoms with Gasteiger partial charge in [0.2, 0.25) is 0 Å². The quantitative estimate of drug-likeness (QED) is 0.572. The first-order valence-corrected chi connectivity index (χ1v) is 13.7. The Hall–Kier alpha value is -1.99. The molecule has 3 saturated heterocycles. The highest BCUT2D eigenvalue weighted by Crippen LogP contribution is 2.27. The first-order chi connectivity index (χ1) is 16.6. The Morgan fingerprint density at radius 2 is 1.71 bits per heavy atom. The van der Waals surface area contributed by atoms with Gasteiger partial charge in [-0.25, -0.2) is 9.67 Å². The maximum absolute atomic E-state index is 13.3. The molecule has 34 heavy (non-hydrogen) atoms. The maximum Gasteiger partial charge on any atom is 0.184 e. The first kappa shape index (κ1) is 23.7. The third kappa shape index (κ3) is 5.30. The van der Waals surface area contributed by atoms with E-state index in [9.17, 15) is 4.79 Å². The van der Waals surface area contributed by atoms with E-state index in [0.29, 0.717) is 18.0 Å². The van der Waals surface area contributed by atoms with Crippen LogP contribution in [0.1, 0.15) is 75.2 Å². The average molecular weight is 467 g/mol. The van der Waals surface area contributed by atoms with Crippen molar-refractivity contribution in [2.45, 2.75) is 70.8 Å². The highest BCUT2D eigenvalue weighted by Gasteiger charge is 2.26. The van der Waals surface area contributed by atoms with Crippen LogP contribution in [0.3, 0.4) is 0 Å². The number of hydrogen-bond donors (Lipinski definition) is 0. The van der Waals surface area contributed by atoms with Gasteiger partial charge in [-0.3, -0.25) is 9.69 Å². The number of Topliss-reactive ketones (excluding diaryl/α,β-unsaturated/α-hetero) is 1. The van der Waals surface area contributed by atoms with Crippen LogP contribution in [-0.2, 0) is 7.05 Å². The molecule has 1 atom stereocenters. The number of piperidine rings is 1. The number of nitrogens with zero attached hydrogens (tertiary/aromatic N) is 6. The van der Waals surface area contributed by atoms with E-state index in [1.54, 1.807) is 4.68 Å². The summed E-state index contributed by atoms with van der Waals surface area (Å²) in [6.45, 7) is 10.3. The Morgan fingerprint density at radius 1 is 0.941 bits per heavy atom. The molecule has 2 aromatic heterocycles. The van der Waals surface area contributed by atoms with E-state index < -0.39 is 0 Å². The number of carbonyl (C=O) groups is 1. The van der Waals surface area contributed by atoms with Crippen LogP contribution in [0.5, 0.6) is 0 Å². The lowest BCUT2D eigenvalue weighted by Crippen LogP contribution is -2.40. The summed E-state index contributed by atoms with van der Waals surface area (Å²) in [5.74, 6) is 1.67. The van der Waals surface area contributed by atoms with Crippen molar-refractivity contribution in [1.82, 2.24) is 24.6 Å². The molecule has 3 aliphatic rings. The van der Waals surface area contributed by atoms with Crippen molar-refractivity contribution in [2.24, 2.45) is 13.0 Å². The molecule has 0 amide bonds. The number of carbonyl (C=O) groups excluding carboxylic acids is 1. The van der Waals surface area contributed by atoms with Gasteiger partial charge in [0.25, 0.3) is 0 Å². The Bertz CT molecular complexity index is 971. The van der Waals surface area contributed by atoms with Crippen molar-refractivity contribution in [3.63, 3.8) is 0 Å². The molecular formula is C27H42N6O. The second-order valence-electron chi connectivity index (χ2n) is 10.9. The van der Waals surface area contributed by atoms with Crippen LogP contribution in [0.2, 0.25) is 0 Å². The number of rotatable bonds is 7. The van der Waals surface area contributed by atoms with E-state index >= 15 is 0 Å². The van der Waals surface area contributed by atoms with E-state index in [-0.39, 0.29) is 5.78 Å². The molecule has 0 unspecified atom stereocenters. The molecule has 0 saturated carbocycles. The van der Waals surface area contributed by atoms with E-state index in [1.165, 1.54) is 58.2 Å². The van der Waals surface area contributed by atoms with Crippen LogP contribution in [0, 0.1) is 5.92 Å². The van der Waals surface area contributed by atoms with Crippen molar-refractivity contribution in [1.29, 1.82) is 0 Å². The van der Waals surface area contributed by atoms with Crippen LogP contribution in [0.4, 0.5) is 5.82 Å². The molecule has 7 nitrogen and oxygen atoms in total. The van der Waals surface area contributed by atoms with Crippen LogP contribution in [0.25, 0.3) is 11.0 Å². The molecule has 3 aliphatic heterocycles. The minimum absolute atomic E-state index is 0.180. The summed E-state index contributed by atoms with van der Waals surface area (Å²) in [6, 6.07) is 4.91. The number of fused-ring (bicyclic) bond motifs is 1. The van der Waals surface area contributed by atoms with Gasteiger partial charge in [0, 0.05) is 45.7 Å². The molecule has 0 radical (unpaired) electrons. The van der Waals surface area contributed by atoms with Crippen LogP contribution >= 0.6 is 0 Å². The van der Waals surface area contributed by atoms with Gasteiger partial charge < -0.3 is 9.80 Å². The predicted molar refractivity (Wildman–Crippen MR) is 138 cm³/mol. The Morgan fingerprint density at radius 3 is 2.41 bits per heavy atom. The molecule has 2 aromatic rings. The average Bonchev–Trinajstić information content (AvgIpc) is 3.28. The second-order valence-corrected chi connectivity index (χ2v) is 10.9. The zero-order valence-corrected chi connectivity index (χ0v) is 21.2. The number of hydrogen-bond acceptors (Lipinski definition) is 6. The highest BCUT2D eigenvalue weighted by atomic mass is 16.1. The molecule has 0 aromatic carbocycles. The Kier molecular flexibility index (Phi) is 7.49. The molecule has 3 fully saturated rings. The van der Waals surface area contributed by atoms with Gasteiger partial charge in [-0.05, 0) is 83.1 Å². The lowest BCUT2D eigenvalue weighted by atomic mass is 9.90. The zero-order chi connectivity index (χ0) is 23.5. The summed E-state index contributed by atoms with van der Waals surface area (Å²) in [6.07, 6.45) is 10.6. The molecule has 7 heteroatoms. The summed E-state index contributed by atoms with van der Waals surface area (Å²) < 4.78 is 1.80. The van der Waals surface area contributed by atoms with Crippen LogP contribution in [0.15, 0.2) is 12.1 Å². The smallest absolute Gasteiger partial charge is 0.184 e. The summed E-state index contributed by atoms with van der Waals surface area (Å²) in [7, 11) is 1.91. The molecule has 0 N–H and O–H groups in total. The predicted octanol–water partition coefficient (Wildman–Crippen LogP) is 4.12. The van der Waals surface area contributed by atoms with Crippen molar-refractivity contribution in [3.05, 3.63) is 17.8 Å². The van der Waals surface area contributed by atoms with Gasteiger partial charge >= 0.3 is 0 Å². The fraction of sp³-hybridized carbons (Fsp3) is 0.741. The highest BCUT2D eigenvalue weighted by molar-refractivity contribution is 6.05. The molecule has 186 valence electrons. The normalized spacial score (nSPS) is 23.6. The largest absolute Gasteiger partial charge is 0.357 e. The number of aryl methyl sites for hydroxylation is 1. The van der Waals surface area contributed by atoms with E-state index in [0.717, 1.165) is 61.9 Å². The van der Waals surface area contributed by atoms with Crippen molar-refractivity contribution >= 4 is 22.6 Å². The Balaban J connectivity index is 1.17. The van der Waals surface area contributed by atoms with Gasteiger partial charge in [0.1, 0.15) is 11.5 Å². The third-order valence-electron chi connectivity index (χ3n) is 8.44. The number of anilines is 1. The number of aromatic nitrogens is 3. The SMILES string of the molecule is C[C@@H]1CCCN1CCN1CCC(CC(=O)c2nn(C)c3nc(N4CCCCCC4)ccc23)CC1. The number of likely N-dealkylation sites (tertiary alicyclic amines) is 2. The summed E-state index contributed by atoms with van der Waals surface area (Å²) >= 11 is 0. The van der Waals surface area contributed by atoms with Crippen LogP contribution < -0.4 is 4.90 Å². The van der Waals surface area contributed by atoms with E-state index in [4.69, 9.17) is 4.98 Å². The van der Waals surface area contributed by atoms with Crippen molar-refractivity contribution in [2.75, 3.05) is 50.7 Å². The molecule has 0 spiro atoms. The molecule has 5 heterocycles. The van der Waals surface area contributed by atoms with E-state index in [1.807, 2.05) is 7.05 Å². The van der Waals surface area contributed by atoms with Gasteiger partial charge in [-0.1, -0.05) is 12.8 Å². The second kappa shape index (κ2) is 10.7. The lowest BCUT2D eigenvalue weighted by Gasteiger charge is -2.33. The standard InChI is InChI=1S/C27H42N6O/c1-21-8-7-15-32(21)19-18-31-16-11-22(12-17-31)20-24(34)26-23-9-10-25(28-27(23)30(2)29-26)33-13-5-3-4-6-14-33/h9-10,21-22H,3-8,11-20H2,1-2H3/t21-/m1/s1. The van der Waals surface area contributed by atoms with Gasteiger partial charge in [0.05, 0.1) is 5.39 Å². The molecule has 0 bridgehead atoms. The third-order valence-corrected chi connectivity index (χ3v) is 8.44. The van der Waals surface area contributed by atoms with Gasteiger partial charge in [-0.2, -0.15) is 5.10 Å². The monoisotopic (exact) mass is 466 g/mol. The van der Waals surface area contributed by atoms with Crippen molar-refractivity contribution in [3.8, 4) is 0 Å². The fourth-order valence-electron chi connectivity index (χ4n) is 6.17. The molecule has 0 aliphatic carbocycles. The lowest BCUT2D eigenvalue weighted by molar-refractivity contribution is 0.0917. The number of pyridine rings is 1. The van der Waals surface area contributed by atoms with Gasteiger partial charge in [0.15, 0.2) is 11.4 Å². The summed E-state index contributed by atoms with van der Waals surface area (Å²) in [5.41, 5.74) is 1.44. The Labute approximate surface area is 204 Å². The summed E-state index contributed by atoms with van der Waals surface area (Å²) in [4.78, 5) is 25.8. The molecule has 5 rings (SSSR count). The van der Waals surface area contributed by atoms with Crippen LogP contribution in [-0.4, -0.2) is 82.2 Å². The van der Waals surface area contributed by atoms with Gasteiger partial charge in [-0.15, -0.1) is 0 Å². The summed E-state index contributed by atoms with van der Waals surface area (Å²) in [5, 5.41) is 5.53. The first-order valence-electron chi connectivity index (χ1n) is 13.7. The maximum atomic E-state index is 13.3. The van der Waals surface area contributed by atoms with E-state index in [2.05, 4.69) is 38.9 Å². The molecular weight excluding hydrogens is 424 g/mol. The number of ketones is 1. The topological polar surface area (TPSA) is 57.5 Å². The minimum atomic E-state index is 0.180.